The SMILES string of the molecule is CCC1=C(F)CC(C)c2cc([O-])cc(-c3ncc4c(N5CCCC6(CNC(O)C6)C5)nc(OC[C@@]56CCCN5C[C@H](F)C6)nc4c3F)c21. The van der Waals surface area contributed by atoms with Gasteiger partial charge < -0.3 is 19.8 Å². The zero-order valence-electron chi connectivity index (χ0n) is 27.5. The second-order valence-corrected chi connectivity index (χ2v) is 14.8. The first-order valence-electron chi connectivity index (χ1n) is 17.4. The summed E-state index contributed by atoms with van der Waals surface area (Å²) >= 11 is 0. The van der Waals surface area contributed by atoms with Gasteiger partial charge in [-0.05, 0) is 67.7 Å². The van der Waals surface area contributed by atoms with Crippen LogP contribution in [0.25, 0.3) is 27.7 Å². The summed E-state index contributed by atoms with van der Waals surface area (Å²) < 4.78 is 53.2. The molecular formula is C36H42F3N6O3-. The standard InChI is InChI=1S/C36H43F3N6O3/c1-3-23-27(38)10-20(2)24-11-22(46)12-25(29(23)24)31-30(39)32-26(15-40-31)33(44-8-4-6-35(18-44)14-28(47)41-17-35)43-34(42-32)48-19-36-7-5-9-45(36)16-21(37)13-36/h11-12,15,20-21,28,41,46-47H,3-10,13-14,16-19H2,1-2H3/p-1/t20?,21-,28?,35?,36+/m1/s1. The Kier molecular flexibility index (Phi) is 7.84. The number of hydrogen-bond acceptors (Lipinski definition) is 9. The van der Waals surface area contributed by atoms with Crippen molar-refractivity contribution in [3.63, 3.8) is 0 Å². The maximum absolute atomic E-state index is 17.0. The highest BCUT2D eigenvalue weighted by molar-refractivity contribution is 5.94. The van der Waals surface area contributed by atoms with Crippen molar-refractivity contribution in [2.45, 2.75) is 89.1 Å². The Morgan fingerprint density at radius 3 is 2.77 bits per heavy atom. The average molecular weight is 664 g/mol. The second kappa shape index (κ2) is 11.8. The van der Waals surface area contributed by atoms with Gasteiger partial charge in [0.25, 0.3) is 0 Å². The lowest BCUT2D eigenvalue weighted by molar-refractivity contribution is -0.268. The predicted molar refractivity (Wildman–Crippen MR) is 175 cm³/mol. The highest BCUT2D eigenvalue weighted by Gasteiger charge is 2.49. The topological polar surface area (TPSA) is 110 Å². The summed E-state index contributed by atoms with van der Waals surface area (Å²) in [5.41, 5.74) is 1.24. The number of ether oxygens (including phenoxy) is 1. The normalized spacial score (nSPS) is 30.5. The Labute approximate surface area is 278 Å². The number of aromatic nitrogens is 3. The number of benzene rings is 1. The van der Waals surface area contributed by atoms with Gasteiger partial charge in [-0.1, -0.05) is 26.0 Å². The Morgan fingerprint density at radius 1 is 1.15 bits per heavy atom. The van der Waals surface area contributed by atoms with E-state index in [-0.39, 0.29) is 58.7 Å². The molecule has 256 valence electrons. The minimum absolute atomic E-state index is 0.00353. The summed E-state index contributed by atoms with van der Waals surface area (Å²) in [4.78, 5) is 18.3. The Balaban J connectivity index is 1.26. The molecule has 0 bridgehead atoms. The van der Waals surface area contributed by atoms with E-state index >= 15 is 8.78 Å². The van der Waals surface area contributed by atoms with Gasteiger partial charge in [0.1, 0.15) is 41.9 Å². The number of hydrogen-bond donors (Lipinski definition) is 2. The number of allylic oxidation sites excluding steroid dienone is 2. The molecule has 8 rings (SSSR count). The van der Waals surface area contributed by atoms with Gasteiger partial charge in [0, 0.05) is 56.2 Å². The molecule has 2 aromatic heterocycles. The van der Waals surface area contributed by atoms with Crippen LogP contribution in [0.3, 0.4) is 0 Å². The first kappa shape index (κ1) is 31.8. The first-order valence-corrected chi connectivity index (χ1v) is 17.4. The molecule has 9 nitrogen and oxygen atoms in total. The molecule has 5 aliphatic rings. The lowest BCUT2D eigenvalue weighted by Gasteiger charge is -2.41. The molecule has 3 aromatic rings. The van der Waals surface area contributed by atoms with E-state index in [4.69, 9.17) is 9.72 Å². The van der Waals surface area contributed by atoms with Crippen LogP contribution in [0.5, 0.6) is 11.8 Å². The third-order valence-corrected chi connectivity index (χ3v) is 11.6. The van der Waals surface area contributed by atoms with E-state index in [0.29, 0.717) is 73.3 Å². The van der Waals surface area contributed by atoms with Crippen LogP contribution in [0.2, 0.25) is 0 Å². The highest BCUT2D eigenvalue weighted by Crippen LogP contribution is 2.48. The summed E-state index contributed by atoms with van der Waals surface area (Å²) in [5, 5.41) is 26.8. The summed E-state index contributed by atoms with van der Waals surface area (Å²) in [6.07, 6.45) is 5.15. The number of nitrogens with zero attached hydrogens (tertiary/aromatic N) is 5. The minimum atomic E-state index is -0.926. The molecule has 2 N–H and O–H groups in total. The maximum atomic E-state index is 17.0. The van der Waals surface area contributed by atoms with E-state index < -0.39 is 23.8 Å². The number of fused-ring (bicyclic) bond motifs is 3. The average Bonchev–Trinajstić information content (AvgIpc) is 3.71. The number of halogens is 3. The zero-order chi connectivity index (χ0) is 33.4. The molecule has 4 fully saturated rings. The van der Waals surface area contributed by atoms with Gasteiger partial charge in [-0.2, -0.15) is 9.97 Å². The molecule has 0 amide bonds. The van der Waals surface area contributed by atoms with E-state index in [1.54, 1.807) is 6.20 Å². The number of piperidine rings is 1. The van der Waals surface area contributed by atoms with E-state index in [9.17, 15) is 14.6 Å². The van der Waals surface area contributed by atoms with Crippen LogP contribution in [0.4, 0.5) is 19.0 Å². The van der Waals surface area contributed by atoms with Crippen LogP contribution in [-0.4, -0.2) is 82.2 Å². The van der Waals surface area contributed by atoms with Gasteiger partial charge in [0.2, 0.25) is 0 Å². The van der Waals surface area contributed by atoms with Gasteiger partial charge in [-0.25, -0.2) is 13.2 Å². The molecule has 4 saturated heterocycles. The minimum Gasteiger partial charge on any atom is -0.872 e. The second-order valence-electron chi connectivity index (χ2n) is 14.8. The fourth-order valence-corrected chi connectivity index (χ4v) is 9.31. The van der Waals surface area contributed by atoms with Crippen LogP contribution < -0.4 is 20.1 Å². The van der Waals surface area contributed by atoms with E-state index in [1.807, 2.05) is 13.8 Å². The molecule has 6 heterocycles. The van der Waals surface area contributed by atoms with Crippen LogP contribution >= 0.6 is 0 Å². The molecular weight excluding hydrogens is 621 g/mol. The maximum Gasteiger partial charge on any atom is 0.319 e. The van der Waals surface area contributed by atoms with E-state index in [0.717, 1.165) is 32.2 Å². The van der Waals surface area contributed by atoms with Crippen molar-refractivity contribution < 1.29 is 28.1 Å². The largest absolute Gasteiger partial charge is 0.872 e. The number of rotatable bonds is 6. The lowest BCUT2D eigenvalue weighted by atomic mass is 9.79. The van der Waals surface area contributed by atoms with Gasteiger partial charge in [0.15, 0.2) is 5.82 Å². The van der Waals surface area contributed by atoms with Crippen molar-refractivity contribution in [3.8, 4) is 23.0 Å². The molecule has 1 aliphatic carbocycles. The zero-order valence-corrected chi connectivity index (χ0v) is 27.5. The van der Waals surface area contributed by atoms with Gasteiger partial charge in [-0.3, -0.25) is 15.2 Å². The molecule has 4 aliphatic heterocycles. The molecule has 12 heteroatoms. The summed E-state index contributed by atoms with van der Waals surface area (Å²) in [7, 11) is 0. The Morgan fingerprint density at radius 2 is 1.98 bits per heavy atom. The number of aliphatic hydroxyl groups excluding tert-OH is 1. The fourth-order valence-electron chi connectivity index (χ4n) is 9.31. The first-order chi connectivity index (χ1) is 23.1. The molecule has 1 spiro atoms. The van der Waals surface area contributed by atoms with Gasteiger partial charge in [0.05, 0.1) is 10.9 Å². The third-order valence-electron chi connectivity index (χ3n) is 11.6. The summed E-state index contributed by atoms with van der Waals surface area (Å²) in [6.45, 7) is 7.02. The van der Waals surface area contributed by atoms with Crippen molar-refractivity contribution >= 4 is 22.3 Å². The number of alkyl halides is 1. The Hall–Kier alpha value is -3.48. The van der Waals surface area contributed by atoms with Crippen molar-refractivity contribution in [2.75, 3.05) is 44.2 Å². The van der Waals surface area contributed by atoms with Crippen molar-refractivity contribution in [1.82, 2.24) is 25.2 Å². The molecule has 0 saturated carbocycles. The quantitative estimate of drug-likeness (QED) is 0.361. The molecule has 1 aromatic carbocycles. The summed E-state index contributed by atoms with van der Waals surface area (Å²) in [6, 6.07) is 2.86. The number of nitrogens with one attached hydrogen (secondary N) is 1. The number of pyridine rings is 1. The van der Waals surface area contributed by atoms with E-state index in [1.165, 1.54) is 12.1 Å². The van der Waals surface area contributed by atoms with Gasteiger partial charge >= 0.3 is 6.01 Å². The summed E-state index contributed by atoms with van der Waals surface area (Å²) in [5.74, 6) is -1.05. The van der Waals surface area contributed by atoms with Crippen molar-refractivity contribution in [1.29, 1.82) is 0 Å². The monoisotopic (exact) mass is 663 g/mol. The number of anilines is 1. The molecule has 3 unspecified atom stereocenters. The predicted octanol–water partition coefficient (Wildman–Crippen LogP) is 5.36. The number of aliphatic hydroxyl groups is 1. The highest BCUT2D eigenvalue weighted by atomic mass is 19.1. The Bertz CT molecular complexity index is 1800. The van der Waals surface area contributed by atoms with Crippen LogP contribution in [0, 0.1) is 11.2 Å². The van der Waals surface area contributed by atoms with Crippen molar-refractivity contribution in [3.05, 3.63) is 41.1 Å². The van der Waals surface area contributed by atoms with Gasteiger partial charge in [-0.15, -0.1) is 5.75 Å². The van der Waals surface area contributed by atoms with Crippen LogP contribution in [0.1, 0.15) is 82.3 Å². The van der Waals surface area contributed by atoms with Crippen LogP contribution in [-0.2, 0) is 0 Å². The third kappa shape index (κ3) is 5.22. The lowest BCUT2D eigenvalue weighted by Crippen LogP contribution is -2.45. The van der Waals surface area contributed by atoms with E-state index in [2.05, 4.69) is 25.1 Å². The van der Waals surface area contributed by atoms with Crippen LogP contribution in [0.15, 0.2) is 24.2 Å². The van der Waals surface area contributed by atoms with Crippen molar-refractivity contribution in [2.24, 2.45) is 5.41 Å². The molecule has 5 atom stereocenters. The molecule has 48 heavy (non-hydrogen) atoms. The smallest absolute Gasteiger partial charge is 0.319 e. The molecule has 0 radical (unpaired) electrons. The fraction of sp³-hybridized carbons (Fsp3) is 0.583.